The highest BCUT2D eigenvalue weighted by molar-refractivity contribution is 6.20. The van der Waals surface area contributed by atoms with Gasteiger partial charge in [0.05, 0.1) is 11.8 Å². The summed E-state index contributed by atoms with van der Waals surface area (Å²) in [5.74, 6) is -0.352. The van der Waals surface area contributed by atoms with E-state index in [1.54, 1.807) is 0 Å². The number of nitrogens with one attached hydrogen (secondary N) is 2. The Morgan fingerprint density at radius 3 is 3.00 bits per heavy atom. The zero-order chi connectivity index (χ0) is 8.27. The Morgan fingerprint density at radius 1 is 1.64 bits per heavy atom. The molecule has 1 fully saturated rings. The molecule has 1 rings (SSSR count). The van der Waals surface area contributed by atoms with Crippen LogP contribution in [0.1, 0.15) is 12.8 Å². The molecule has 0 atom stereocenters. The summed E-state index contributed by atoms with van der Waals surface area (Å²) in [6, 6.07) is 0. The molecule has 0 radical (unpaired) electrons. The lowest BCUT2D eigenvalue weighted by Gasteiger charge is -1.99. The third-order valence-electron chi connectivity index (χ3n) is 1.59. The van der Waals surface area contributed by atoms with Gasteiger partial charge in [0.25, 0.3) is 5.91 Å². The van der Waals surface area contributed by atoms with E-state index in [0.717, 1.165) is 6.42 Å². The summed E-state index contributed by atoms with van der Waals surface area (Å²) in [6.07, 6.45) is 2.01. The van der Waals surface area contributed by atoms with Gasteiger partial charge in [0.15, 0.2) is 0 Å². The lowest BCUT2D eigenvalue weighted by molar-refractivity contribution is -0.116. The van der Waals surface area contributed by atoms with E-state index in [0.29, 0.717) is 19.2 Å². The molecule has 0 bridgehead atoms. The lowest BCUT2D eigenvalue weighted by Crippen LogP contribution is -2.25. The van der Waals surface area contributed by atoms with Crippen LogP contribution >= 0.6 is 0 Å². The average molecular weight is 154 g/mol. The van der Waals surface area contributed by atoms with Gasteiger partial charge in [-0.2, -0.15) is 0 Å². The number of aliphatic hydroxyl groups is 1. The fourth-order valence-corrected chi connectivity index (χ4v) is 0.971. The van der Waals surface area contributed by atoms with Crippen LogP contribution in [-0.4, -0.2) is 23.3 Å². The molecule has 11 heavy (non-hydrogen) atoms. The van der Waals surface area contributed by atoms with Crippen molar-refractivity contribution in [2.24, 2.45) is 0 Å². The Bertz CT molecular complexity index is 200. The molecule has 0 unspecified atom stereocenters. The Balaban J connectivity index is 2.84. The van der Waals surface area contributed by atoms with Gasteiger partial charge in [0.2, 0.25) is 0 Å². The third kappa shape index (κ3) is 1.58. The molecule has 60 valence electrons. The molecule has 1 heterocycles. The first-order valence-electron chi connectivity index (χ1n) is 3.46. The molecule has 1 aliphatic heterocycles. The van der Waals surface area contributed by atoms with Crippen LogP contribution in [0, 0.1) is 5.41 Å². The fourth-order valence-electron chi connectivity index (χ4n) is 0.971. The maximum absolute atomic E-state index is 11.0. The number of amides is 1. The molecular formula is C7H10N2O2. The Labute approximate surface area is 64.4 Å². The summed E-state index contributed by atoms with van der Waals surface area (Å²) in [5, 5.41) is 18.5. The predicted molar refractivity (Wildman–Crippen MR) is 40.7 cm³/mol. The number of aliphatic hydroxyl groups excluding tert-OH is 1. The van der Waals surface area contributed by atoms with Gasteiger partial charge in [-0.15, -0.1) is 0 Å². The Kier molecular flexibility index (Phi) is 2.25. The van der Waals surface area contributed by atoms with Crippen molar-refractivity contribution in [3.63, 3.8) is 0 Å². The van der Waals surface area contributed by atoms with Gasteiger partial charge < -0.3 is 15.8 Å². The topological polar surface area (TPSA) is 73.2 Å². The SMILES string of the molecule is N=C1CCCNC(=O)/C1=C/O. The summed E-state index contributed by atoms with van der Waals surface area (Å²) in [7, 11) is 0. The highest BCUT2D eigenvalue weighted by atomic mass is 16.2. The van der Waals surface area contributed by atoms with Crippen LogP contribution in [0.3, 0.4) is 0 Å². The highest BCUT2D eigenvalue weighted by Crippen LogP contribution is 2.06. The van der Waals surface area contributed by atoms with Crippen LogP contribution in [0.5, 0.6) is 0 Å². The van der Waals surface area contributed by atoms with E-state index in [2.05, 4.69) is 5.32 Å². The van der Waals surface area contributed by atoms with Crippen molar-refractivity contribution in [3.8, 4) is 0 Å². The van der Waals surface area contributed by atoms with Crippen LogP contribution in [0.15, 0.2) is 11.8 Å². The first kappa shape index (κ1) is 7.78. The van der Waals surface area contributed by atoms with E-state index in [9.17, 15) is 4.79 Å². The van der Waals surface area contributed by atoms with Gasteiger partial charge in [-0.05, 0) is 12.8 Å². The molecule has 1 saturated heterocycles. The molecule has 0 aromatic carbocycles. The number of hydrogen-bond donors (Lipinski definition) is 3. The van der Waals surface area contributed by atoms with Crippen molar-refractivity contribution in [1.82, 2.24) is 5.32 Å². The minimum Gasteiger partial charge on any atom is -0.515 e. The lowest BCUT2D eigenvalue weighted by atomic mass is 10.1. The third-order valence-corrected chi connectivity index (χ3v) is 1.59. The predicted octanol–water partition coefficient (Wildman–Crippen LogP) is 0.358. The minimum absolute atomic E-state index is 0.0856. The number of rotatable bonds is 0. The van der Waals surface area contributed by atoms with Gasteiger partial charge in [0, 0.05) is 12.3 Å². The van der Waals surface area contributed by atoms with E-state index in [1.807, 2.05) is 0 Å². The average Bonchev–Trinajstić information content (AvgIpc) is 2.12. The van der Waals surface area contributed by atoms with E-state index in [4.69, 9.17) is 10.5 Å². The van der Waals surface area contributed by atoms with Crippen LogP contribution in [0.4, 0.5) is 0 Å². The maximum Gasteiger partial charge on any atom is 0.256 e. The monoisotopic (exact) mass is 154 g/mol. The number of carbonyl (C=O) groups excluding carboxylic acids is 1. The molecule has 3 N–H and O–H groups in total. The quantitative estimate of drug-likeness (QED) is 0.348. The summed E-state index contributed by atoms with van der Waals surface area (Å²) >= 11 is 0. The first-order chi connectivity index (χ1) is 5.25. The zero-order valence-corrected chi connectivity index (χ0v) is 6.05. The summed E-state index contributed by atoms with van der Waals surface area (Å²) in [5.41, 5.74) is 0.296. The zero-order valence-electron chi connectivity index (χ0n) is 6.05. The number of carbonyl (C=O) groups is 1. The Hall–Kier alpha value is -1.32. The summed E-state index contributed by atoms with van der Waals surface area (Å²) in [6.45, 7) is 0.582. The van der Waals surface area contributed by atoms with Gasteiger partial charge in [-0.3, -0.25) is 4.79 Å². The van der Waals surface area contributed by atoms with Crippen molar-refractivity contribution < 1.29 is 9.90 Å². The molecule has 4 nitrogen and oxygen atoms in total. The summed E-state index contributed by atoms with van der Waals surface area (Å²) in [4.78, 5) is 11.0. The van der Waals surface area contributed by atoms with E-state index >= 15 is 0 Å². The van der Waals surface area contributed by atoms with Gasteiger partial charge in [0.1, 0.15) is 0 Å². The standard InChI is InChI=1S/C7H10N2O2/c8-6-2-1-3-9-7(11)5(6)4-10/h4,8,10H,1-3H2,(H,9,11)/b5-4+,8-6?. The second kappa shape index (κ2) is 3.18. The Morgan fingerprint density at radius 2 is 2.36 bits per heavy atom. The van der Waals surface area contributed by atoms with Gasteiger partial charge >= 0.3 is 0 Å². The normalized spacial score (nSPS) is 23.1. The van der Waals surface area contributed by atoms with Crippen molar-refractivity contribution in [3.05, 3.63) is 11.8 Å². The van der Waals surface area contributed by atoms with E-state index < -0.39 is 0 Å². The molecule has 4 heteroatoms. The molecule has 0 aromatic rings. The molecule has 1 aliphatic rings. The minimum atomic E-state index is -0.352. The second-order valence-corrected chi connectivity index (χ2v) is 2.38. The van der Waals surface area contributed by atoms with Crippen LogP contribution in [-0.2, 0) is 4.79 Å². The van der Waals surface area contributed by atoms with Crippen LogP contribution in [0.2, 0.25) is 0 Å². The maximum atomic E-state index is 11.0. The molecule has 1 amide bonds. The van der Waals surface area contributed by atoms with Gasteiger partial charge in [-0.1, -0.05) is 0 Å². The molecule has 0 saturated carbocycles. The molecular weight excluding hydrogens is 144 g/mol. The van der Waals surface area contributed by atoms with E-state index in [1.165, 1.54) is 0 Å². The first-order valence-corrected chi connectivity index (χ1v) is 3.46. The van der Waals surface area contributed by atoms with Crippen LogP contribution < -0.4 is 5.32 Å². The molecule has 0 aromatic heterocycles. The summed E-state index contributed by atoms with van der Waals surface area (Å²) < 4.78 is 0. The van der Waals surface area contributed by atoms with Crippen LogP contribution in [0.25, 0.3) is 0 Å². The highest BCUT2D eigenvalue weighted by Gasteiger charge is 2.17. The molecule has 0 spiro atoms. The molecule has 0 aliphatic carbocycles. The smallest absolute Gasteiger partial charge is 0.256 e. The van der Waals surface area contributed by atoms with E-state index in [-0.39, 0.29) is 17.2 Å². The van der Waals surface area contributed by atoms with Crippen molar-refractivity contribution in [2.45, 2.75) is 12.8 Å². The largest absolute Gasteiger partial charge is 0.515 e. The van der Waals surface area contributed by atoms with Crippen molar-refractivity contribution in [2.75, 3.05) is 6.54 Å². The van der Waals surface area contributed by atoms with Crippen molar-refractivity contribution >= 4 is 11.6 Å². The van der Waals surface area contributed by atoms with Crippen molar-refractivity contribution in [1.29, 1.82) is 5.41 Å². The van der Waals surface area contributed by atoms with Gasteiger partial charge in [-0.25, -0.2) is 0 Å². The second-order valence-electron chi connectivity index (χ2n) is 2.38. The number of hydrogen-bond acceptors (Lipinski definition) is 3. The fraction of sp³-hybridized carbons (Fsp3) is 0.429.